The van der Waals surface area contributed by atoms with Gasteiger partial charge in [-0.1, -0.05) is 6.42 Å². The van der Waals surface area contributed by atoms with E-state index in [2.05, 4.69) is 4.74 Å². The summed E-state index contributed by atoms with van der Waals surface area (Å²) in [5.41, 5.74) is -5.35. The molecule has 1 saturated heterocycles. The molecule has 27 heavy (non-hydrogen) atoms. The molecule has 1 aliphatic rings. The number of hydrogen-bond donors (Lipinski definition) is 1. The molecule has 0 bridgehead atoms. The summed E-state index contributed by atoms with van der Waals surface area (Å²) in [6.45, 7) is 1.24. The van der Waals surface area contributed by atoms with Crippen LogP contribution >= 0.6 is 0 Å². The van der Waals surface area contributed by atoms with Crippen LogP contribution in [0.1, 0.15) is 25.7 Å². The maximum absolute atomic E-state index is 13.0. The molecule has 0 spiro atoms. The Morgan fingerprint density at radius 3 is 2.07 bits per heavy atom. The lowest BCUT2D eigenvalue weighted by Gasteiger charge is -2.35. The maximum atomic E-state index is 13.0. The lowest BCUT2D eigenvalue weighted by atomic mass is 10.1. The fourth-order valence-electron chi connectivity index (χ4n) is 2.00. The van der Waals surface area contributed by atoms with Crippen LogP contribution in [0.4, 0.5) is 26.3 Å². The van der Waals surface area contributed by atoms with E-state index in [9.17, 15) is 39.6 Å². The molecule has 160 valence electrons. The second-order valence-corrected chi connectivity index (χ2v) is 7.32. The third-order valence-electron chi connectivity index (χ3n) is 3.47. The Morgan fingerprint density at radius 1 is 1.07 bits per heavy atom. The van der Waals surface area contributed by atoms with E-state index < -0.39 is 46.2 Å². The maximum Gasteiger partial charge on any atom is 0.438 e. The average molecular weight is 432 g/mol. The van der Waals surface area contributed by atoms with Crippen molar-refractivity contribution in [2.24, 2.45) is 0 Å². The minimum absolute atomic E-state index is 0.0423. The van der Waals surface area contributed by atoms with Gasteiger partial charge >= 0.3 is 23.9 Å². The van der Waals surface area contributed by atoms with Crippen LogP contribution in [-0.2, 0) is 29.1 Å². The molecule has 0 aromatic carbocycles. The SMILES string of the molecule is O=C(CCCCCOCC1CO1)OC(CS(=O)(=O)O)(C(F)(F)F)C(F)(F)F. The number of esters is 1. The highest BCUT2D eigenvalue weighted by Gasteiger charge is 2.75. The first-order chi connectivity index (χ1) is 12.2. The molecule has 0 amide bonds. The van der Waals surface area contributed by atoms with Gasteiger partial charge in [0.15, 0.2) is 0 Å². The zero-order valence-electron chi connectivity index (χ0n) is 13.8. The topological polar surface area (TPSA) is 102 Å². The molecule has 1 aliphatic heterocycles. The van der Waals surface area contributed by atoms with E-state index in [1.54, 1.807) is 0 Å². The molecule has 0 radical (unpaired) electrons. The lowest BCUT2D eigenvalue weighted by molar-refractivity contribution is -0.361. The summed E-state index contributed by atoms with van der Waals surface area (Å²) in [6.07, 6.45) is -12.8. The Labute approximate surface area is 150 Å². The number of ether oxygens (including phenoxy) is 3. The van der Waals surface area contributed by atoms with Crippen LogP contribution in [-0.4, -0.2) is 68.6 Å². The predicted molar refractivity (Wildman–Crippen MR) is 76.4 cm³/mol. The van der Waals surface area contributed by atoms with Gasteiger partial charge in [0.25, 0.3) is 10.1 Å². The minimum Gasteiger partial charge on any atom is -0.438 e. The molecule has 14 heteroatoms. The Morgan fingerprint density at radius 2 is 1.63 bits per heavy atom. The van der Waals surface area contributed by atoms with Crippen molar-refractivity contribution in [1.29, 1.82) is 0 Å². The molecular weight excluding hydrogens is 414 g/mol. The van der Waals surface area contributed by atoms with E-state index in [0.717, 1.165) is 0 Å². The standard InChI is InChI=1S/C13H18F6O7S/c14-12(15,16)11(13(17,18)19,8-27(21,22)23)26-10(20)4-2-1-3-5-24-6-9-7-25-9/h9H,1-8H2,(H,21,22,23). The second-order valence-electron chi connectivity index (χ2n) is 5.86. The third kappa shape index (κ3) is 7.79. The quantitative estimate of drug-likeness (QED) is 0.176. The number of epoxide rings is 1. The molecule has 0 aliphatic carbocycles. The van der Waals surface area contributed by atoms with Gasteiger partial charge in [0.2, 0.25) is 0 Å². The Bertz CT molecular complexity index is 583. The van der Waals surface area contributed by atoms with Gasteiger partial charge in [-0.25, -0.2) is 0 Å². The summed E-state index contributed by atoms with van der Waals surface area (Å²) in [7, 11) is -5.78. The van der Waals surface area contributed by atoms with E-state index >= 15 is 0 Å². The van der Waals surface area contributed by atoms with Crippen LogP contribution in [0.15, 0.2) is 0 Å². The summed E-state index contributed by atoms with van der Waals surface area (Å²) >= 11 is 0. The summed E-state index contributed by atoms with van der Waals surface area (Å²) in [4.78, 5) is 11.5. The summed E-state index contributed by atoms with van der Waals surface area (Å²) in [6, 6.07) is 0. The van der Waals surface area contributed by atoms with E-state index in [-0.39, 0.29) is 25.6 Å². The second kappa shape index (κ2) is 8.92. The molecule has 1 atom stereocenters. The minimum atomic E-state index is -6.31. The summed E-state index contributed by atoms with van der Waals surface area (Å²) in [5, 5.41) is 0. The summed E-state index contributed by atoms with van der Waals surface area (Å²) < 4.78 is 121. The molecule has 1 fully saturated rings. The van der Waals surface area contributed by atoms with Gasteiger partial charge < -0.3 is 14.2 Å². The van der Waals surface area contributed by atoms with Crippen molar-refractivity contribution in [3.63, 3.8) is 0 Å². The van der Waals surface area contributed by atoms with Gasteiger partial charge in [-0.15, -0.1) is 0 Å². The highest BCUT2D eigenvalue weighted by atomic mass is 32.2. The molecule has 1 unspecified atom stereocenters. The van der Waals surface area contributed by atoms with Crippen LogP contribution in [0.2, 0.25) is 0 Å². The Balaban J connectivity index is 2.61. The molecule has 0 aromatic heterocycles. The zero-order valence-corrected chi connectivity index (χ0v) is 14.6. The van der Waals surface area contributed by atoms with Crippen LogP contribution in [0.25, 0.3) is 0 Å². The van der Waals surface area contributed by atoms with Gasteiger partial charge in [0.05, 0.1) is 13.2 Å². The molecule has 0 aromatic rings. The molecule has 0 saturated carbocycles. The van der Waals surface area contributed by atoms with Crippen molar-refractivity contribution in [3.8, 4) is 0 Å². The monoisotopic (exact) mass is 432 g/mol. The van der Waals surface area contributed by atoms with Gasteiger partial charge in [-0.3, -0.25) is 9.35 Å². The van der Waals surface area contributed by atoms with Crippen LogP contribution in [0.5, 0.6) is 0 Å². The van der Waals surface area contributed by atoms with Gasteiger partial charge in [-0.05, 0) is 12.8 Å². The van der Waals surface area contributed by atoms with E-state index in [4.69, 9.17) is 14.0 Å². The van der Waals surface area contributed by atoms with Crippen molar-refractivity contribution in [2.45, 2.75) is 49.7 Å². The normalized spacial score (nSPS) is 18.4. The van der Waals surface area contributed by atoms with E-state index in [1.165, 1.54) is 0 Å². The van der Waals surface area contributed by atoms with Crippen LogP contribution in [0.3, 0.4) is 0 Å². The first-order valence-corrected chi connectivity index (χ1v) is 9.29. The van der Waals surface area contributed by atoms with Gasteiger partial charge in [0, 0.05) is 13.0 Å². The van der Waals surface area contributed by atoms with Crippen molar-refractivity contribution >= 4 is 16.1 Å². The Kier molecular flexibility index (Phi) is 7.90. The van der Waals surface area contributed by atoms with Crippen molar-refractivity contribution in [3.05, 3.63) is 0 Å². The number of unbranched alkanes of at least 4 members (excludes halogenated alkanes) is 2. The van der Waals surface area contributed by atoms with E-state index in [1.807, 2.05) is 0 Å². The van der Waals surface area contributed by atoms with E-state index in [0.29, 0.717) is 19.6 Å². The van der Waals surface area contributed by atoms with Crippen molar-refractivity contribution in [2.75, 3.05) is 25.6 Å². The number of hydrogen-bond acceptors (Lipinski definition) is 6. The van der Waals surface area contributed by atoms with Crippen molar-refractivity contribution in [1.82, 2.24) is 0 Å². The van der Waals surface area contributed by atoms with Crippen LogP contribution < -0.4 is 0 Å². The number of rotatable bonds is 11. The van der Waals surface area contributed by atoms with Gasteiger partial charge in [-0.2, -0.15) is 34.8 Å². The number of carbonyl (C=O) groups excluding carboxylic acids is 1. The smallest absolute Gasteiger partial charge is 0.438 e. The molecule has 1 N–H and O–H groups in total. The molecule has 7 nitrogen and oxygen atoms in total. The number of alkyl halides is 6. The van der Waals surface area contributed by atoms with Gasteiger partial charge in [0.1, 0.15) is 11.9 Å². The lowest BCUT2D eigenvalue weighted by Crippen LogP contribution is -2.63. The zero-order chi connectivity index (χ0) is 20.9. The highest BCUT2D eigenvalue weighted by molar-refractivity contribution is 7.85. The number of carbonyl (C=O) groups is 1. The molecule has 1 heterocycles. The number of halogens is 6. The fraction of sp³-hybridized carbons (Fsp3) is 0.923. The first-order valence-electron chi connectivity index (χ1n) is 7.68. The molecular formula is C13H18F6O7S. The highest BCUT2D eigenvalue weighted by Crippen LogP contribution is 2.47. The predicted octanol–water partition coefficient (Wildman–Crippen LogP) is 2.26. The fourth-order valence-corrected chi connectivity index (χ4v) is 2.90. The Hall–Kier alpha value is -1.12. The first kappa shape index (κ1) is 23.9. The summed E-state index contributed by atoms with van der Waals surface area (Å²) in [5.74, 6) is -4.77. The third-order valence-corrected chi connectivity index (χ3v) is 4.24. The van der Waals surface area contributed by atoms with Crippen LogP contribution in [0, 0.1) is 0 Å². The van der Waals surface area contributed by atoms with Crippen molar-refractivity contribution < 1.29 is 58.3 Å². The average Bonchev–Trinajstić information content (AvgIpc) is 3.25. The molecule has 1 rings (SSSR count). The largest absolute Gasteiger partial charge is 0.438 e.